The van der Waals surface area contributed by atoms with E-state index in [9.17, 15) is 0 Å². The van der Waals surface area contributed by atoms with Gasteiger partial charge in [0, 0.05) is 36.6 Å². The number of anilines is 1. The first kappa shape index (κ1) is 15.3. The second-order valence-electron chi connectivity index (χ2n) is 5.19. The fraction of sp³-hybridized carbons (Fsp3) is 0.353. The summed E-state index contributed by atoms with van der Waals surface area (Å²) in [7, 11) is 1.68. The van der Waals surface area contributed by atoms with Crippen molar-refractivity contribution in [2.45, 2.75) is 26.9 Å². The van der Waals surface area contributed by atoms with Crippen LogP contribution in [-0.4, -0.2) is 23.5 Å². The minimum atomic E-state index is 0.795. The fourth-order valence-electron chi connectivity index (χ4n) is 2.36. The molecule has 0 saturated heterocycles. The van der Waals surface area contributed by atoms with Crippen molar-refractivity contribution in [1.29, 1.82) is 0 Å². The Hall–Kier alpha value is -2.07. The second-order valence-corrected chi connectivity index (χ2v) is 5.19. The van der Waals surface area contributed by atoms with Crippen LogP contribution in [0.15, 0.2) is 36.4 Å². The number of rotatable bonds is 6. The molecule has 0 aliphatic carbocycles. The van der Waals surface area contributed by atoms with Crippen molar-refractivity contribution < 1.29 is 4.74 Å². The SMILES string of the molecule is CCN(Cc1cccc(N)c1)Cc1cc(OC)cc(C)n1. The zero-order valence-electron chi connectivity index (χ0n) is 13.0. The van der Waals surface area contributed by atoms with E-state index < -0.39 is 0 Å². The van der Waals surface area contributed by atoms with Crippen LogP contribution >= 0.6 is 0 Å². The van der Waals surface area contributed by atoms with Gasteiger partial charge in [0.15, 0.2) is 0 Å². The van der Waals surface area contributed by atoms with Gasteiger partial charge in [-0.1, -0.05) is 19.1 Å². The lowest BCUT2D eigenvalue weighted by Crippen LogP contribution is -2.23. The molecule has 0 atom stereocenters. The number of hydrogen-bond acceptors (Lipinski definition) is 4. The second kappa shape index (κ2) is 7.09. The van der Waals surface area contributed by atoms with E-state index in [1.165, 1.54) is 5.56 Å². The molecule has 0 fully saturated rings. The van der Waals surface area contributed by atoms with Crippen LogP contribution < -0.4 is 10.5 Å². The molecule has 0 aliphatic heterocycles. The molecule has 112 valence electrons. The molecule has 2 N–H and O–H groups in total. The lowest BCUT2D eigenvalue weighted by molar-refractivity contribution is 0.267. The Kier molecular flexibility index (Phi) is 5.17. The van der Waals surface area contributed by atoms with Crippen molar-refractivity contribution >= 4 is 5.69 Å². The molecule has 4 heteroatoms. The third kappa shape index (κ3) is 4.46. The minimum absolute atomic E-state index is 0.795. The normalized spacial score (nSPS) is 10.9. The van der Waals surface area contributed by atoms with Gasteiger partial charge in [0.2, 0.25) is 0 Å². The Labute approximate surface area is 126 Å². The predicted molar refractivity (Wildman–Crippen MR) is 86.2 cm³/mol. The number of ether oxygens (including phenoxy) is 1. The monoisotopic (exact) mass is 285 g/mol. The average Bonchev–Trinajstić information content (AvgIpc) is 2.46. The minimum Gasteiger partial charge on any atom is -0.497 e. The van der Waals surface area contributed by atoms with E-state index in [1.54, 1.807) is 7.11 Å². The third-order valence-electron chi connectivity index (χ3n) is 3.41. The summed E-state index contributed by atoms with van der Waals surface area (Å²) in [6, 6.07) is 12.0. The molecule has 1 aromatic carbocycles. The number of aryl methyl sites for hydroxylation is 1. The first-order valence-corrected chi connectivity index (χ1v) is 7.19. The number of hydrogen-bond donors (Lipinski definition) is 1. The maximum atomic E-state index is 5.84. The van der Waals surface area contributed by atoms with Gasteiger partial charge in [-0.15, -0.1) is 0 Å². The molecule has 0 bridgehead atoms. The van der Waals surface area contributed by atoms with Crippen LogP contribution in [0.1, 0.15) is 23.9 Å². The molecule has 0 unspecified atom stereocenters. The number of nitrogens with zero attached hydrogens (tertiary/aromatic N) is 2. The largest absolute Gasteiger partial charge is 0.497 e. The van der Waals surface area contributed by atoms with Gasteiger partial charge in [0.1, 0.15) is 5.75 Å². The Morgan fingerprint density at radius 1 is 1.19 bits per heavy atom. The van der Waals surface area contributed by atoms with Gasteiger partial charge < -0.3 is 10.5 Å². The summed E-state index contributed by atoms with van der Waals surface area (Å²) in [5.74, 6) is 0.859. The van der Waals surface area contributed by atoms with E-state index in [0.29, 0.717) is 0 Å². The lowest BCUT2D eigenvalue weighted by atomic mass is 10.2. The maximum absolute atomic E-state index is 5.84. The average molecular weight is 285 g/mol. The van der Waals surface area contributed by atoms with Crippen LogP contribution in [0.5, 0.6) is 5.75 Å². The number of pyridine rings is 1. The molecule has 0 spiro atoms. The summed E-state index contributed by atoms with van der Waals surface area (Å²) in [6.07, 6.45) is 0. The molecule has 0 radical (unpaired) electrons. The summed E-state index contributed by atoms with van der Waals surface area (Å²) in [5.41, 5.74) is 9.86. The van der Waals surface area contributed by atoms with Crippen LogP contribution in [0.4, 0.5) is 5.69 Å². The van der Waals surface area contributed by atoms with E-state index in [0.717, 1.165) is 42.5 Å². The molecular weight excluding hydrogens is 262 g/mol. The van der Waals surface area contributed by atoms with Gasteiger partial charge in [-0.3, -0.25) is 9.88 Å². The summed E-state index contributed by atoms with van der Waals surface area (Å²) in [6.45, 7) is 6.75. The highest BCUT2D eigenvalue weighted by Crippen LogP contribution is 2.16. The highest BCUT2D eigenvalue weighted by molar-refractivity contribution is 5.40. The summed E-state index contributed by atoms with van der Waals surface area (Å²) in [5, 5.41) is 0. The number of nitrogen functional groups attached to an aromatic ring is 1. The number of benzene rings is 1. The standard InChI is InChI=1S/C17H23N3O/c1-4-20(11-14-6-5-7-15(18)9-14)12-16-10-17(21-3)8-13(2)19-16/h5-10H,4,11-12,18H2,1-3H3. The molecule has 4 nitrogen and oxygen atoms in total. The molecule has 1 aromatic heterocycles. The van der Waals surface area contributed by atoms with Gasteiger partial charge in [0.25, 0.3) is 0 Å². The van der Waals surface area contributed by atoms with Gasteiger partial charge in [-0.25, -0.2) is 0 Å². The number of methoxy groups -OCH3 is 1. The van der Waals surface area contributed by atoms with E-state index in [4.69, 9.17) is 10.5 Å². The van der Waals surface area contributed by atoms with Crippen molar-refractivity contribution in [3.8, 4) is 5.75 Å². The highest BCUT2D eigenvalue weighted by Gasteiger charge is 2.08. The van der Waals surface area contributed by atoms with Crippen molar-refractivity contribution in [2.75, 3.05) is 19.4 Å². The zero-order valence-corrected chi connectivity index (χ0v) is 13.0. The fourth-order valence-corrected chi connectivity index (χ4v) is 2.36. The Balaban J connectivity index is 2.10. The summed E-state index contributed by atoms with van der Waals surface area (Å²) >= 11 is 0. The Bertz CT molecular complexity index is 598. The van der Waals surface area contributed by atoms with Crippen molar-refractivity contribution in [1.82, 2.24) is 9.88 Å². The van der Waals surface area contributed by atoms with Crippen molar-refractivity contribution in [3.05, 3.63) is 53.3 Å². The molecule has 0 amide bonds. The van der Waals surface area contributed by atoms with Gasteiger partial charge in [-0.2, -0.15) is 0 Å². The van der Waals surface area contributed by atoms with Crippen LogP contribution in [0.25, 0.3) is 0 Å². The lowest BCUT2D eigenvalue weighted by Gasteiger charge is -2.20. The van der Waals surface area contributed by atoms with E-state index >= 15 is 0 Å². The van der Waals surface area contributed by atoms with Gasteiger partial charge >= 0.3 is 0 Å². The van der Waals surface area contributed by atoms with Crippen LogP contribution in [-0.2, 0) is 13.1 Å². The molecule has 21 heavy (non-hydrogen) atoms. The first-order valence-electron chi connectivity index (χ1n) is 7.19. The number of aromatic nitrogens is 1. The van der Waals surface area contributed by atoms with Crippen LogP contribution in [0, 0.1) is 6.92 Å². The smallest absolute Gasteiger partial charge is 0.122 e. The molecule has 2 rings (SSSR count). The van der Waals surface area contributed by atoms with Gasteiger partial charge in [0.05, 0.1) is 12.8 Å². The Morgan fingerprint density at radius 3 is 2.67 bits per heavy atom. The molecular formula is C17H23N3O. The quantitative estimate of drug-likeness (QED) is 0.829. The maximum Gasteiger partial charge on any atom is 0.122 e. The van der Waals surface area contributed by atoms with Crippen molar-refractivity contribution in [3.63, 3.8) is 0 Å². The predicted octanol–water partition coefficient (Wildman–Crippen LogP) is 3.00. The topological polar surface area (TPSA) is 51.4 Å². The first-order chi connectivity index (χ1) is 10.1. The zero-order chi connectivity index (χ0) is 15.2. The van der Waals surface area contributed by atoms with Crippen molar-refractivity contribution in [2.24, 2.45) is 0 Å². The van der Waals surface area contributed by atoms with E-state index in [1.807, 2.05) is 37.3 Å². The van der Waals surface area contributed by atoms with Crippen LogP contribution in [0.3, 0.4) is 0 Å². The number of nitrogens with two attached hydrogens (primary N) is 1. The third-order valence-corrected chi connectivity index (χ3v) is 3.41. The summed E-state index contributed by atoms with van der Waals surface area (Å²) in [4.78, 5) is 6.91. The Morgan fingerprint density at radius 2 is 2.00 bits per heavy atom. The van der Waals surface area contributed by atoms with E-state index in [2.05, 4.69) is 22.9 Å². The highest BCUT2D eigenvalue weighted by atomic mass is 16.5. The molecule has 2 aromatic rings. The summed E-state index contributed by atoms with van der Waals surface area (Å²) < 4.78 is 5.31. The molecule has 0 aliphatic rings. The van der Waals surface area contributed by atoms with E-state index in [-0.39, 0.29) is 0 Å². The molecule has 0 saturated carbocycles. The molecule has 1 heterocycles. The van der Waals surface area contributed by atoms with Crippen LogP contribution in [0.2, 0.25) is 0 Å². The van der Waals surface area contributed by atoms with Gasteiger partial charge in [-0.05, 0) is 31.2 Å².